The van der Waals surface area contributed by atoms with Gasteiger partial charge >= 0.3 is 0 Å². The van der Waals surface area contributed by atoms with E-state index in [1.165, 1.54) is 6.92 Å². The second-order valence-corrected chi connectivity index (χ2v) is 3.28. The number of halogens is 1. The highest BCUT2D eigenvalue weighted by Crippen LogP contribution is 2.14. The third-order valence-corrected chi connectivity index (χ3v) is 1.87. The molecule has 0 aliphatic heterocycles. The quantitative estimate of drug-likeness (QED) is 0.575. The van der Waals surface area contributed by atoms with Crippen LogP contribution < -0.4 is 11.5 Å². The topological polar surface area (TPSA) is 89.3 Å². The fourth-order valence-corrected chi connectivity index (χ4v) is 0.813. The van der Waals surface area contributed by atoms with Gasteiger partial charge in [-0.15, -0.1) is 12.4 Å². The van der Waals surface area contributed by atoms with Crippen molar-refractivity contribution in [1.29, 1.82) is 0 Å². The van der Waals surface area contributed by atoms with Crippen molar-refractivity contribution in [3.63, 3.8) is 0 Å². The van der Waals surface area contributed by atoms with E-state index in [1.54, 1.807) is 0 Å². The number of aliphatic hydroxyl groups is 1. The number of rotatable bonds is 3. The predicted molar refractivity (Wildman–Crippen MR) is 49.9 cm³/mol. The van der Waals surface area contributed by atoms with Crippen molar-refractivity contribution in [2.24, 2.45) is 17.4 Å². The SMILES string of the molecule is CC(C)C(N)C(C)(O)C(N)=O.Cl. The van der Waals surface area contributed by atoms with Crippen molar-refractivity contribution in [3.8, 4) is 0 Å². The average Bonchev–Trinajstić information content (AvgIpc) is 1.85. The zero-order valence-electron chi connectivity index (χ0n) is 7.57. The third-order valence-electron chi connectivity index (χ3n) is 1.87. The molecule has 0 bridgehead atoms. The Morgan fingerprint density at radius 2 is 1.83 bits per heavy atom. The summed E-state index contributed by atoms with van der Waals surface area (Å²) in [6.45, 7) is 4.98. The molecule has 0 aromatic rings. The molecule has 0 fully saturated rings. The van der Waals surface area contributed by atoms with Crippen LogP contribution in [0.5, 0.6) is 0 Å². The van der Waals surface area contributed by atoms with Crippen LogP contribution in [-0.4, -0.2) is 22.7 Å². The average molecular weight is 197 g/mol. The maximum atomic E-state index is 10.7. The minimum Gasteiger partial charge on any atom is -0.379 e. The Balaban J connectivity index is 0. The first-order chi connectivity index (χ1) is 4.80. The number of hydrogen-bond donors (Lipinski definition) is 3. The van der Waals surface area contributed by atoms with E-state index in [0.29, 0.717) is 0 Å². The van der Waals surface area contributed by atoms with E-state index in [-0.39, 0.29) is 18.3 Å². The molecule has 4 nitrogen and oxygen atoms in total. The molecule has 5 N–H and O–H groups in total. The lowest BCUT2D eigenvalue weighted by molar-refractivity contribution is -0.137. The first-order valence-electron chi connectivity index (χ1n) is 3.58. The van der Waals surface area contributed by atoms with Crippen LogP contribution in [0.1, 0.15) is 20.8 Å². The number of carbonyl (C=O) groups is 1. The summed E-state index contributed by atoms with van der Waals surface area (Å²) in [7, 11) is 0. The van der Waals surface area contributed by atoms with Crippen molar-refractivity contribution in [2.45, 2.75) is 32.4 Å². The minimum absolute atomic E-state index is 0. The number of nitrogens with two attached hydrogens (primary N) is 2. The van der Waals surface area contributed by atoms with E-state index in [4.69, 9.17) is 11.5 Å². The number of amides is 1. The zero-order valence-corrected chi connectivity index (χ0v) is 8.39. The van der Waals surface area contributed by atoms with Gasteiger partial charge in [-0.3, -0.25) is 4.79 Å². The first kappa shape index (κ1) is 14.2. The van der Waals surface area contributed by atoms with Crippen LogP contribution in [0, 0.1) is 5.92 Å². The molecule has 2 atom stereocenters. The van der Waals surface area contributed by atoms with Gasteiger partial charge in [0.25, 0.3) is 5.91 Å². The van der Waals surface area contributed by atoms with Gasteiger partial charge in [0.1, 0.15) is 0 Å². The molecule has 0 heterocycles. The lowest BCUT2D eigenvalue weighted by Gasteiger charge is -2.29. The van der Waals surface area contributed by atoms with Crippen molar-refractivity contribution in [2.75, 3.05) is 0 Å². The third kappa shape index (κ3) is 2.97. The van der Waals surface area contributed by atoms with E-state index in [2.05, 4.69) is 0 Å². The van der Waals surface area contributed by atoms with Gasteiger partial charge in [-0.2, -0.15) is 0 Å². The molecule has 1 amide bonds. The van der Waals surface area contributed by atoms with E-state index < -0.39 is 17.6 Å². The summed E-state index contributed by atoms with van der Waals surface area (Å²) in [5.74, 6) is -0.754. The van der Waals surface area contributed by atoms with Gasteiger partial charge in [0.2, 0.25) is 0 Å². The van der Waals surface area contributed by atoms with Crippen LogP contribution in [0.4, 0.5) is 0 Å². The molecule has 12 heavy (non-hydrogen) atoms. The van der Waals surface area contributed by atoms with Crippen LogP contribution in [0.2, 0.25) is 0 Å². The summed E-state index contributed by atoms with van der Waals surface area (Å²) < 4.78 is 0. The Labute approximate surface area is 78.7 Å². The fourth-order valence-electron chi connectivity index (χ4n) is 0.813. The standard InChI is InChI=1S/C7H16N2O2.ClH/c1-4(2)5(8)7(3,11)6(9)10;/h4-5,11H,8H2,1-3H3,(H2,9,10);1H. The molecule has 0 radical (unpaired) electrons. The van der Waals surface area contributed by atoms with Gasteiger partial charge in [-0.1, -0.05) is 13.8 Å². The van der Waals surface area contributed by atoms with E-state index in [9.17, 15) is 9.90 Å². The van der Waals surface area contributed by atoms with Gasteiger partial charge in [-0.25, -0.2) is 0 Å². The normalized spacial score (nSPS) is 17.8. The van der Waals surface area contributed by atoms with E-state index in [0.717, 1.165) is 0 Å². The van der Waals surface area contributed by atoms with Crippen LogP contribution in [0.15, 0.2) is 0 Å². The predicted octanol–water partition coefficient (Wildman–Crippen LogP) is -0.372. The maximum absolute atomic E-state index is 10.7. The van der Waals surface area contributed by atoms with Gasteiger partial charge < -0.3 is 16.6 Å². The van der Waals surface area contributed by atoms with Gasteiger partial charge in [0.05, 0.1) is 0 Å². The molecule has 2 unspecified atom stereocenters. The van der Waals surface area contributed by atoms with Gasteiger partial charge in [-0.05, 0) is 12.8 Å². The Bertz CT molecular complexity index is 159. The first-order valence-corrected chi connectivity index (χ1v) is 3.58. The molecule has 74 valence electrons. The molecule has 0 aromatic carbocycles. The van der Waals surface area contributed by atoms with Crippen molar-refractivity contribution >= 4 is 18.3 Å². The molecule has 0 saturated heterocycles. The van der Waals surface area contributed by atoms with Crippen molar-refractivity contribution in [3.05, 3.63) is 0 Å². The molecule has 0 aliphatic rings. The molecule has 0 saturated carbocycles. The molecule has 0 aromatic heterocycles. The highest BCUT2D eigenvalue weighted by molar-refractivity contribution is 5.85. The summed E-state index contributed by atoms with van der Waals surface area (Å²) >= 11 is 0. The molecular formula is C7H17ClN2O2. The van der Waals surface area contributed by atoms with Crippen LogP contribution in [-0.2, 0) is 4.79 Å². The Morgan fingerprint density at radius 1 is 1.50 bits per heavy atom. The van der Waals surface area contributed by atoms with Crippen LogP contribution in [0.3, 0.4) is 0 Å². The lowest BCUT2D eigenvalue weighted by Crippen LogP contribution is -2.57. The lowest BCUT2D eigenvalue weighted by atomic mass is 9.88. The van der Waals surface area contributed by atoms with Crippen LogP contribution in [0.25, 0.3) is 0 Å². The van der Waals surface area contributed by atoms with Crippen molar-refractivity contribution in [1.82, 2.24) is 0 Å². The number of primary amides is 1. The fraction of sp³-hybridized carbons (Fsp3) is 0.857. The summed E-state index contributed by atoms with van der Waals surface area (Å²) in [6, 6.07) is -0.611. The summed E-state index contributed by atoms with van der Waals surface area (Å²) in [4.78, 5) is 10.7. The minimum atomic E-state index is -1.60. The highest BCUT2D eigenvalue weighted by atomic mass is 35.5. The van der Waals surface area contributed by atoms with Gasteiger partial charge in [0, 0.05) is 6.04 Å². The molecule has 5 heteroatoms. The Hall–Kier alpha value is -0.320. The monoisotopic (exact) mass is 196 g/mol. The van der Waals surface area contributed by atoms with Gasteiger partial charge in [0.15, 0.2) is 5.60 Å². The molecule has 0 aliphatic carbocycles. The Kier molecular flexibility index (Phi) is 5.50. The second kappa shape index (κ2) is 4.64. The number of carbonyl (C=O) groups excluding carboxylic acids is 1. The molecule has 0 spiro atoms. The van der Waals surface area contributed by atoms with E-state index in [1.807, 2.05) is 13.8 Å². The van der Waals surface area contributed by atoms with E-state index >= 15 is 0 Å². The van der Waals surface area contributed by atoms with Crippen molar-refractivity contribution < 1.29 is 9.90 Å². The smallest absolute Gasteiger partial charge is 0.250 e. The summed E-state index contributed by atoms with van der Waals surface area (Å²) in [5, 5.41) is 9.43. The second-order valence-electron chi connectivity index (χ2n) is 3.28. The number of hydrogen-bond acceptors (Lipinski definition) is 3. The van der Waals surface area contributed by atoms with Crippen LogP contribution >= 0.6 is 12.4 Å². The largest absolute Gasteiger partial charge is 0.379 e. The molecular weight excluding hydrogens is 180 g/mol. The maximum Gasteiger partial charge on any atom is 0.250 e. The summed E-state index contributed by atoms with van der Waals surface area (Å²) in [5.41, 5.74) is 8.88. The Morgan fingerprint density at radius 3 is 1.92 bits per heavy atom. The highest BCUT2D eigenvalue weighted by Gasteiger charge is 2.36. The molecule has 0 rings (SSSR count). The zero-order chi connectivity index (χ0) is 9.23. The summed E-state index contributed by atoms with van der Waals surface area (Å²) in [6.07, 6.45) is 0.